The van der Waals surface area contributed by atoms with Crippen molar-refractivity contribution in [1.29, 1.82) is 0 Å². The van der Waals surface area contributed by atoms with Gasteiger partial charge in [0.2, 0.25) is 5.95 Å². The largest absolute Gasteiger partial charge is 0.497 e. The quantitative estimate of drug-likeness (QED) is 0.729. The molecule has 7 heteroatoms. The number of piperidine rings is 1. The maximum absolute atomic E-state index is 5.38. The van der Waals surface area contributed by atoms with Crippen LogP contribution in [0, 0.1) is 0 Å². The molecule has 0 unspecified atom stereocenters. The summed E-state index contributed by atoms with van der Waals surface area (Å²) in [6, 6.07) is 7.89. The first kappa shape index (κ1) is 16.6. The third-order valence-corrected chi connectivity index (χ3v) is 4.79. The smallest absolute Gasteiger partial charge is 0.227 e. The summed E-state index contributed by atoms with van der Waals surface area (Å²) in [5, 5.41) is 11.6. The summed E-state index contributed by atoms with van der Waals surface area (Å²) >= 11 is 0. The van der Waals surface area contributed by atoms with Crippen LogP contribution in [0.5, 0.6) is 5.75 Å². The number of nitrogens with zero attached hydrogens (tertiary/aromatic N) is 4. The summed E-state index contributed by atoms with van der Waals surface area (Å²) in [5.41, 5.74) is 1.98. The van der Waals surface area contributed by atoms with Gasteiger partial charge in [0.25, 0.3) is 0 Å². The summed E-state index contributed by atoms with van der Waals surface area (Å²) in [4.78, 5) is 11.9. The number of hydrogen-bond donors (Lipinski definition) is 2. The highest BCUT2D eigenvalue weighted by Gasteiger charge is 2.17. The molecule has 3 heterocycles. The predicted octanol–water partition coefficient (Wildman–Crippen LogP) is 3.66. The molecule has 0 atom stereocenters. The van der Waals surface area contributed by atoms with Crippen LogP contribution in [0.15, 0.2) is 24.3 Å². The van der Waals surface area contributed by atoms with Crippen LogP contribution in [0.25, 0.3) is 10.9 Å². The van der Waals surface area contributed by atoms with Gasteiger partial charge in [0.05, 0.1) is 12.6 Å². The lowest BCUT2D eigenvalue weighted by Gasteiger charge is -2.27. The Morgan fingerprint density at radius 2 is 2.00 bits per heavy atom. The van der Waals surface area contributed by atoms with Crippen LogP contribution in [-0.4, -0.2) is 40.4 Å². The van der Waals surface area contributed by atoms with E-state index < -0.39 is 0 Å². The minimum Gasteiger partial charge on any atom is -0.497 e. The Hall–Kier alpha value is -2.83. The molecule has 0 radical (unpaired) electrons. The molecule has 1 fully saturated rings. The van der Waals surface area contributed by atoms with Crippen molar-refractivity contribution in [2.24, 2.45) is 0 Å². The molecule has 2 N–H and O–H groups in total. The summed E-state index contributed by atoms with van der Waals surface area (Å²) < 4.78 is 5.38. The second kappa shape index (κ2) is 7.19. The molecule has 1 aromatic carbocycles. The van der Waals surface area contributed by atoms with Gasteiger partial charge in [-0.2, -0.15) is 10.1 Å². The molecule has 0 saturated carbocycles. The summed E-state index contributed by atoms with van der Waals surface area (Å²) in [6.07, 6.45) is 4.56. The molecular weight excluding hydrogens is 328 g/mol. The van der Waals surface area contributed by atoms with Crippen molar-refractivity contribution in [3.05, 3.63) is 30.0 Å². The van der Waals surface area contributed by atoms with Crippen molar-refractivity contribution in [2.45, 2.75) is 32.6 Å². The number of benzene rings is 1. The Labute approximate surface area is 152 Å². The number of aromatic nitrogens is 4. The molecule has 0 amide bonds. The first-order chi connectivity index (χ1) is 12.8. The molecular formula is C19H24N6O. The lowest BCUT2D eigenvalue weighted by molar-refractivity contribution is 0.415. The van der Waals surface area contributed by atoms with Gasteiger partial charge in [-0.15, -0.1) is 0 Å². The molecule has 3 aromatic rings. The van der Waals surface area contributed by atoms with Gasteiger partial charge in [0, 0.05) is 30.2 Å². The normalized spacial score (nSPS) is 14.6. The Bertz CT molecular complexity index is 900. The third-order valence-electron chi connectivity index (χ3n) is 4.79. The zero-order valence-electron chi connectivity index (χ0n) is 15.2. The van der Waals surface area contributed by atoms with E-state index in [4.69, 9.17) is 14.7 Å². The summed E-state index contributed by atoms with van der Waals surface area (Å²) in [7, 11) is 1.67. The fourth-order valence-corrected chi connectivity index (χ4v) is 3.28. The van der Waals surface area contributed by atoms with E-state index in [1.165, 1.54) is 19.3 Å². The minimum absolute atomic E-state index is 0.753. The van der Waals surface area contributed by atoms with Crippen LogP contribution >= 0.6 is 0 Å². The number of methoxy groups -OCH3 is 1. The van der Waals surface area contributed by atoms with Crippen LogP contribution in [0.3, 0.4) is 0 Å². The number of ether oxygens (including phenoxy) is 1. The van der Waals surface area contributed by atoms with E-state index in [-0.39, 0.29) is 0 Å². The second-order valence-electron chi connectivity index (χ2n) is 6.56. The fraction of sp³-hybridized carbons (Fsp3) is 0.421. The number of anilines is 3. The number of fused-ring (bicyclic) bond motifs is 1. The number of nitrogens with one attached hydrogen (secondary N) is 2. The average Bonchev–Trinajstić information content (AvgIpc) is 3.16. The van der Waals surface area contributed by atoms with E-state index in [1.54, 1.807) is 7.11 Å². The van der Waals surface area contributed by atoms with Crippen LogP contribution < -0.4 is 15.0 Å². The topological polar surface area (TPSA) is 79.0 Å². The Kier molecular flexibility index (Phi) is 4.60. The van der Waals surface area contributed by atoms with E-state index in [0.717, 1.165) is 59.4 Å². The van der Waals surface area contributed by atoms with Crippen molar-refractivity contribution in [1.82, 2.24) is 20.2 Å². The number of aromatic amines is 1. The molecule has 136 valence electrons. The number of rotatable bonds is 5. The summed E-state index contributed by atoms with van der Waals surface area (Å²) in [5.74, 6) is 3.07. The Morgan fingerprint density at radius 1 is 1.15 bits per heavy atom. The predicted molar refractivity (Wildman–Crippen MR) is 103 cm³/mol. The molecule has 1 saturated heterocycles. The molecule has 4 rings (SSSR count). The van der Waals surface area contributed by atoms with Gasteiger partial charge in [-0.3, -0.25) is 5.10 Å². The van der Waals surface area contributed by atoms with E-state index >= 15 is 0 Å². The summed E-state index contributed by atoms with van der Waals surface area (Å²) in [6.45, 7) is 4.10. The van der Waals surface area contributed by atoms with Crippen molar-refractivity contribution < 1.29 is 4.74 Å². The highest BCUT2D eigenvalue weighted by Crippen LogP contribution is 2.30. The van der Waals surface area contributed by atoms with Crippen molar-refractivity contribution in [3.8, 4) is 5.75 Å². The molecule has 26 heavy (non-hydrogen) atoms. The van der Waals surface area contributed by atoms with E-state index in [1.807, 2.05) is 24.3 Å². The highest BCUT2D eigenvalue weighted by molar-refractivity contribution is 5.92. The average molecular weight is 352 g/mol. The standard InChI is InChI=1S/C19H24N6O/c1-3-13-11-17(24-23-13)21-18-15-12-14(26-2)7-8-16(15)20-19(22-18)25-9-5-4-6-10-25/h7-8,11-12H,3-6,9-10H2,1-2H3,(H2,20,21,22,23,24). The number of H-pyrrole nitrogens is 1. The van der Waals surface area contributed by atoms with E-state index in [0.29, 0.717) is 0 Å². The first-order valence-corrected chi connectivity index (χ1v) is 9.19. The van der Waals surface area contributed by atoms with Crippen molar-refractivity contribution >= 4 is 28.5 Å². The van der Waals surface area contributed by atoms with Crippen molar-refractivity contribution in [3.63, 3.8) is 0 Å². The number of hydrogen-bond acceptors (Lipinski definition) is 6. The van der Waals surface area contributed by atoms with Crippen LogP contribution in [-0.2, 0) is 6.42 Å². The molecule has 1 aliphatic rings. The molecule has 2 aromatic heterocycles. The van der Waals surface area contributed by atoms with Crippen LogP contribution in [0.1, 0.15) is 31.9 Å². The van der Waals surface area contributed by atoms with E-state index in [2.05, 4.69) is 27.3 Å². The van der Waals surface area contributed by atoms with Crippen LogP contribution in [0.4, 0.5) is 17.6 Å². The first-order valence-electron chi connectivity index (χ1n) is 9.19. The second-order valence-corrected chi connectivity index (χ2v) is 6.56. The van der Waals surface area contributed by atoms with Gasteiger partial charge in [-0.05, 0) is 43.9 Å². The molecule has 1 aliphatic heterocycles. The lowest BCUT2D eigenvalue weighted by Crippen LogP contribution is -2.31. The fourth-order valence-electron chi connectivity index (χ4n) is 3.28. The Morgan fingerprint density at radius 3 is 2.73 bits per heavy atom. The Balaban J connectivity index is 1.77. The lowest BCUT2D eigenvalue weighted by atomic mass is 10.1. The zero-order chi connectivity index (χ0) is 17.9. The van der Waals surface area contributed by atoms with Gasteiger partial charge < -0.3 is 15.0 Å². The van der Waals surface area contributed by atoms with Gasteiger partial charge in [0.15, 0.2) is 5.82 Å². The number of aryl methyl sites for hydroxylation is 1. The highest BCUT2D eigenvalue weighted by atomic mass is 16.5. The van der Waals surface area contributed by atoms with E-state index in [9.17, 15) is 0 Å². The van der Waals surface area contributed by atoms with Gasteiger partial charge in [-0.1, -0.05) is 6.92 Å². The molecule has 7 nitrogen and oxygen atoms in total. The monoisotopic (exact) mass is 352 g/mol. The zero-order valence-corrected chi connectivity index (χ0v) is 15.2. The van der Waals surface area contributed by atoms with Gasteiger partial charge in [0.1, 0.15) is 11.6 Å². The maximum Gasteiger partial charge on any atom is 0.227 e. The minimum atomic E-state index is 0.753. The molecule has 0 spiro atoms. The van der Waals surface area contributed by atoms with Crippen molar-refractivity contribution in [2.75, 3.05) is 30.4 Å². The molecule has 0 bridgehead atoms. The van der Waals surface area contributed by atoms with Crippen LogP contribution in [0.2, 0.25) is 0 Å². The van der Waals surface area contributed by atoms with Gasteiger partial charge in [-0.25, -0.2) is 4.98 Å². The SMILES string of the molecule is CCc1cc(Nc2nc(N3CCCCC3)nc3ccc(OC)cc23)n[nH]1. The molecule has 0 aliphatic carbocycles. The van der Waals surface area contributed by atoms with Gasteiger partial charge >= 0.3 is 0 Å². The third kappa shape index (κ3) is 3.29. The maximum atomic E-state index is 5.38.